The summed E-state index contributed by atoms with van der Waals surface area (Å²) in [4.78, 5) is 14.1. The highest BCUT2D eigenvalue weighted by atomic mass is 32.1. The van der Waals surface area contributed by atoms with Crippen LogP contribution < -0.4 is 5.32 Å². The molecule has 0 radical (unpaired) electrons. The minimum Gasteiger partial charge on any atom is -0.375 e. The topological polar surface area (TPSA) is 38.3 Å². The first-order chi connectivity index (χ1) is 11.7. The predicted molar refractivity (Wildman–Crippen MR) is 93.6 cm³/mol. The quantitative estimate of drug-likeness (QED) is 0.850. The molecule has 1 aliphatic carbocycles. The number of carbonyl (C=O) groups excluding carboxylic acids is 1. The number of methoxy groups -OCH3 is 1. The van der Waals surface area contributed by atoms with E-state index in [1.165, 1.54) is 12.1 Å². The molecular formula is C19H22FNO2S. The van der Waals surface area contributed by atoms with E-state index in [9.17, 15) is 9.18 Å². The molecule has 0 aliphatic heterocycles. The molecule has 3 rings (SSSR count). The smallest absolute Gasteiger partial charge is 0.231 e. The molecule has 24 heavy (non-hydrogen) atoms. The first kappa shape index (κ1) is 17.1. The number of rotatable bonds is 6. The summed E-state index contributed by atoms with van der Waals surface area (Å²) in [5, 5.41) is 5.06. The second-order valence-electron chi connectivity index (χ2n) is 6.26. The Morgan fingerprint density at radius 2 is 2.12 bits per heavy atom. The minimum atomic E-state index is -0.408. The molecular weight excluding hydrogens is 325 g/mol. The Morgan fingerprint density at radius 3 is 2.75 bits per heavy atom. The van der Waals surface area contributed by atoms with Crippen LogP contribution in [0.25, 0.3) is 0 Å². The number of hydrogen-bond acceptors (Lipinski definition) is 3. The predicted octanol–water partition coefficient (Wildman–Crippen LogP) is 4.20. The van der Waals surface area contributed by atoms with Crippen molar-refractivity contribution in [3.05, 3.63) is 58.0 Å². The molecule has 1 aliphatic rings. The van der Waals surface area contributed by atoms with Crippen molar-refractivity contribution in [2.45, 2.75) is 37.2 Å². The molecule has 1 unspecified atom stereocenters. The fourth-order valence-electron chi connectivity index (χ4n) is 3.51. The van der Waals surface area contributed by atoms with Crippen molar-refractivity contribution < 1.29 is 13.9 Å². The number of ether oxygens (including phenoxy) is 1. The van der Waals surface area contributed by atoms with Gasteiger partial charge in [-0.1, -0.05) is 31.0 Å². The van der Waals surface area contributed by atoms with Crippen LogP contribution in [0, 0.1) is 5.82 Å². The van der Waals surface area contributed by atoms with Crippen LogP contribution in [0.15, 0.2) is 41.8 Å². The third-order valence-corrected chi connectivity index (χ3v) is 5.91. The van der Waals surface area contributed by atoms with Gasteiger partial charge in [0, 0.05) is 18.5 Å². The van der Waals surface area contributed by atoms with Gasteiger partial charge in [-0.25, -0.2) is 4.39 Å². The largest absolute Gasteiger partial charge is 0.375 e. The van der Waals surface area contributed by atoms with Crippen molar-refractivity contribution >= 4 is 17.2 Å². The highest BCUT2D eigenvalue weighted by molar-refractivity contribution is 7.10. The molecule has 1 saturated carbocycles. The van der Waals surface area contributed by atoms with E-state index in [2.05, 4.69) is 11.4 Å². The van der Waals surface area contributed by atoms with Crippen LogP contribution in [-0.4, -0.2) is 19.6 Å². The number of amides is 1. The van der Waals surface area contributed by atoms with Gasteiger partial charge >= 0.3 is 0 Å². The first-order valence-electron chi connectivity index (χ1n) is 8.26. The van der Waals surface area contributed by atoms with Gasteiger partial charge in [0.25, 0.3) is 0 Å². The SMILES string of the molecule is COC(CNC(=O)C1(c2cccs2)CCCC1)c1cccc(F)c1. The van der Waals surface area contributed by atoms with Crippen molar-refractivity contribution in [2.24, 2.45) is 0 Å². The lowest BCUT2D eigenvalue weighted by molar-refractivity contribution is -0.127. The Morgan fingerprint density at radius 1 is 1.33 bits per heavy atom. The van der Waals surface area contributed by atoms with Crippen LogP contribution in [0.4, 0.5) is 4.39 Å². The monoisotopic (exact) mass is 347 g/mol. The van der Waals surface area contributed by atoms with E-state index in [1.54, 1.807) is 24.5 Å². The Bertz CT molecular complexity index is 680. The van der Waals surface area contributed by atoms with Crippen molar-refractivity contribution in [1.29, 1.82) is 0 Å². The highest BCUT2D eigenvalue weighted by Crippen LogP contribution is 2.43. The van der Waals surface area contributed by atoms with Gasteiger partial charge in [-0.2, -0.15) is 0 Å². The van der Waals surface area contributed by atoms with E-state index in [-0.39, 0.29) is 17.8 Å². The first-order valence-corrected chi connectivity index (χ1v) is 9.14. The van der Waals surface area contributed by atoms with Crippen LogP contribution in [0.2, 0.25) is 0 Å². The van der Waals surface area contributed by atoms with Gasteiger partial charge in [-0.15, -0.1) is 11.3 Å². The lowest BCUT2D eigenvalue weighted by Crippen LogP contribution is -2.43. The number of halogens is 1. The lowest BCUT2D eigenvalue weighted by atomic mass is 9.83. The molecule has 1 heterocycles. The zero-order valence-electron chi connectivity index (χ0n) is 13.8. The average molecular weight is 347 g/mol. The number of hydrogen-bond donors (Lipinski definition) is 1. The van der Waals surface area contributed by atoms with Crippen molar-refractivity contribution in [3.63, 3.8) is 0 Å². The van der Waals surface area contributed by atoms with Crippen molar-refractivity contribution in [1.82, 2.24) is 5.32 Å². The Hall–Kier alpha value is -1.72. The summed E-state index contributed by atoms with van der Waals surface area (Å²) in [5.41, 5.74) is 0.323. The number of carbonyl (C=O) groups is 1. The maximum absolute atomic E-state index is 13.4. The van der Waals surface area contributed by atoms with Crippen LogP contribution in [0.5, 0.6) is 0 Å². The van der Waals surface area contributed by atoms with Crippen LogP contribution in [0.1, 0.15) is 42.2 Å². The fraction of sp³-hybridized carbons (Fsp3) is 0.421. The third-order valence-electron chi connectivity index (χ3n) is 4.84. The molecule has 2 aromatic rings. The summed E-state index contributed by atoms with van der Waals surface area (Å²) in [6.45, 7) is 0.339. The molecule has 0 saturated heterocycles. The number of nitrogens with one attached hydrogen (secondary N) is 1. The average Bonchev–Trinajstić information content (AvgIpc) is 3.27. The summed E-state index contributed by atoms with van der Waals surface area (Å²) in [7, 11) is 1.58. The Balaban J connectivity index is 1.71. The van der Waals surface area contributed by atoms with Crippen molar-refractivity contribution in [2.75, 3.05) is 13.7 Å². The van der Waals surface area contributed by atoms with Gasteiger partial charge in [0.1, 0.15) is 5.82 Å². The zero-order chi connectivity index (χ0) is 17.0. The maximum Gasteiger partial charge on any atom is 0.231 e. The maximum atomic E-state index is 13.4. The second-order valence-corrected chi connectivity index (χ2v) is 7.20. The standard InChI is InChI=1S/C19H22FNO2S/c1-23-16(14-6-4-7-15(20)12-14)13-21-18(22)19(9-2-3-10-19)17-8-5-11-24-17/h4-8,11-12,16H,2-3,9-10,13H2,1H3,(H,21,22). The molecule has 1 N–H and O–H groups in total. The number of thiophene rings is 1. The van der Waals surface area contributed by atoms with Crippen LogP contribution in [-0.2, 0) is 14.9 Å². The van der Waals surface area contributed by atoms with Gasteiger partial charge < -0.3 is 10.1 Å². The van der Waals surface area contributed by atoms with E-state index in [0.717, 1.165) is 36.1 Å². The summed E-state index contributed by atoms with van der Waals surface area (Å²) in [6.07, 6.45) is 3.56. The Kier molecular flexibility index (Phi) is 5.31. The molecule has 5 heteroatoms. The second kappa shape index (κ2) is 7.45. The molecule has 1 atom stereocenters. The molecule has 0 bridgehead atoms. The van der Waals surface area contributed by atoms with E-state index in [4.69, 9.17) is 4.74 Å². The molecule has 3 nitrogen and oxygen atoms in total. The Labute approximate surface area is 145 Å². The molecule has 1 amide bonds. The van der Waals surface area contributed by atoms with E-state index in [0.29, 0.717) is 6.54 Å². The van der Waals surface area contributed by atoms with Gasteiger partial charge in [-0.3, -0.25) is 4.79 Å². The molecule has 1 aromatic heterocycles. The van der Waals surface area contributed by atoms with E-state index < -0.39 is 5.41 Å². The molecule has 128 valence electrons. The fourth-order valence-corrected chi connectivity index (χ4v) is 4.50. The normalized spacial score (nSPS) is 17.6. The summed E-state index contributed by atoms with van der Waals surface area (Å²) in [6, 6.07) is 10.4. The van der Waals surface area contributed by atoms with Gasteiger partial charge in [0.2, 0.25) is 5.91 Å². The van der Waals surface area contributed by atoms with E-state index >= 15 is 0 Å². The molecule has 0 spiro atoms. The lowest BCUT2D eigenvalue weighted by Gasteiger charge is -2.28. The highest BCUT2D eigenvalue weighted by Gasteiger charge is 2.43. The van der Waals surface area contributed by atoms with Gasteiger partial charge in [-0.05, 0) is 42.0 Å². The van der Waals surface area contributed by atoms with Crippen LogP contribution in [0.3, 0.4) is 0 Å². The van der Waals surface area contributed by atoms with Crippen molar-refractivity contribution in [3.8, 4) is 0 Å². The van der Waals surface area contributed by atoms with Crippen LogP contribution >= 0.6 is 11.3 Å². The molecule has 1 fully saturated rings. The third kappa shape index (κ3) is 3.37. The summed E-state index contributed by atoms with van der Waals surface area (Å²) < 4.78 is 18.9. The minimum absolute atomic E-state index is 0.0564. The summed E-state index contributed by atoms with van der Waals surface area (Å²) >= 11 is 1.64. The molecule has 1 aromatic carbocycles. The van der Waals surface area contributed by atoms with Gasteiger partial charge in [0.05, 0.1) is 11.5 Å². The van der Waals surface area contributed by atoms with Gasteiger partial charge in [0.15, 0.2) is 0 Å². The zero-order valence-corrected chi connectivity index (χ0v) is 14.6. The van der Waals surface area contributed by atoms with E-state index in [1.807, 2.05) is 17.5 Å². The number of benzene rings is 1. The summed E-state index contributed by atoms with van der Waals surface area (Å²) in [5.74, 6) is -0.243.